The van der Waals surface area contributed by atoms with Crippen LogP contribution in [0.15, 0.2) is 18.2 Å². The molecule has 1 aromatic carbocycles. The van der Waals surface area contributed by atoms with Crippen LogP contribution >= 0.6 is 0 Å². The van der Waals surface area contributed by atoms with Crippen LogP contribution in [0.5, 0.6) is 0 Å². The Bertz CT molecular complexity index is 367. The molecule has 2 rings (SSSR count). The summed E-state index contributed by atoms with van der Waals surface area (Å²) in [4.78, 5) is 0. The Kier molecular flexibility index (Phi) is 3.29. The fourth-order valence-corrected chi connectivity index (χ4v) is 2.46. The zero-order chi connectivity index (χ0) is 11.6. The van der Waals surface area contributed by atoms with Crippen molar-refractivity contribution in [2.24, 2.45) is 0 Å². The van der Waals surface area contributed by atoms with Crippen LogP contribution in [0.25, 0.3) is 0 Å². The van der Waals surface area contributed by atoms with E-state index < -0.39 is 0 Å². The summed E-state index contributed by atoms with van der Waals surface area (Å²) in [6.45, 7) is 4.95. The summed E-state index contributed by atoms with van der Waals surface area (Å²) in [6.07, 6.45) is 5.16. The van der Waals surface area contributed by atoms with E-state index >= 15 is 0 Å². The van der Waals surface area contributed by atoms with Crippen molar-refractivity contribution in [1.82, 2.24) is 5.32 Å². The summed E-state index contributed by atoms with van der Waals surface area (Å²) in [7, 11) is 0. The van der Waals surface area contributed by atoms with Gasteiger partial charge in [0.1, 0.15) is 5.82 Å². The molecule has 1 aliphatic rings. The Morgan fingerprint density at radius 3 is 2.62 bits per heavy atom. The lowest BCUT2D eigenvalue weighted by molar-refractivity contribution is 0.362. The number of rotatable bonds is 3. The molecule has 0 atom stereocenters. The highest BCUT2D eigenvalue weighted by molar-refractivity contribution is 5.24. The first kappa shape index (κ1) is 11.6. The standard InChI is InChI=1S/C14H20FN/c1-11-9-12(5-6-13(11)15)10-16-14(2)7-3-4-8-14/h5-6,9,16H,3-4,7-8,10H2,1-2H3. The van der Waals surface area contributed by atoms with Gasteiger partial charge in [0.2, 0.25) is 0 Å². The number of nitrogens with one attached hydrogen (secondary N) is 1. The molecule has 0 amide bonds. The molecule has 88 valence electrons. The molecule has 1 aromatic rings. The van der Waals surface area contributed by atoms with Crippen molar-refractivity contribution in [2.75, 3.05) is 0 Å². The number of hydrogen-bond acceptors (Lipinski definition) is 1. The second-order valence-electron chi connectivity index (χ2n) is 5.20. The number of halogens is 1. The third kappa shape index (κ3) is 2.62. The lowest BCUT2D eigenvalue weighted by Gasteiger charge is -2.25. The number of hydrogen-bond donors (Lipinski definition) is 1. The van der Waals surface area contributed by atoms with Gasteiger partial charge in [0, 0.05) is 12.1 Å². The zero-order valence-electron chi connectivity index (χ0n) is 10.1. The highest BCUT2D eigenvalue weighted by Crippen LogP contribution is 2.29. The predicted octanol–water partition coefficient (Wildman–Crippen LogP) is 3.56. The summed E-state index contributed by atoms with van der Waals surface area (Å²) in [5.74, 6) is -0.115. The molecular formula is C14H20FN. The Balaban J connectivity index is 1.96. The molecule has 0 radical (unpaired) electrons. The first-order valence-corrected chi connectivity index (χ1v) is 6.09. The smallest absolute Gasteiger partial charge is 0.126 e. The van der Waals surface area contributed by atoms with Crippen LogP contribution in [-0.4, -0.2) is 5.54 Å². The highest BCUT2D eigenvalue weighted by atomic mass is 19.1. The maximum Gasteiger partial charge on any atom is 0.126 e. The van der Waals surface area contributed by atoms with Crippen molar-refractivity contribution in [1.29, 1.82) is 0 Å². The van der Waals surface area contributed by atoms with Gasteiger partial charge in [0.25, 0.3) is 0 Å². The van der Waals surface area contributed by atoms with Crippen molar-refractivity contribution in [3.63, 3.8) is 0 Å². The summed E-state index contributed by atoms with van der Waals surface area (Å²) in [5, 5.41) is 3.60. The second-order valence-corrected chi connectivity index (χ2v) is 5.20. The lowest BCUT2D eigenvalue weighted by atomic mass is 10.00. The average molecular weight is 221 g/mol. The molecule has 0 saturated heterocycles. The molecule has 0 spiro atoms. The molecule has 16 heavy (non-hydrogen) atoms. The van der Waals surface area contributed by atoms with Gasteiger partial charge < -0.3 is 5.32 Å². The van der Waals surface area contributed by atoms with Gasteiger partial charge in [-0.1, -0.05) is 25.0 Å². The predicted molar refractivity (Wildman–Crippen MR) is 64.8 cm³/mol. The molecule has 0 heterocycles. The summed E-state index contributed by atoms with van der Waals surface area (Å²) < 4.78 is 13.1. The van der Waals surface area contributed by atoms with Gasteiger partial charge >= 0.3 is 0 Å². The highest BCUT2D eigenvalue weighted by Gasteiger charge is 2.27. The summed E-state index contributed by atoms with van der Waals surface area (Å²) in [6, 6.07) is 5.36. The minimum Gasteiger partial charge on any atom is -0.307 e. The van der Waals surface area contributed by atoms with Crippen LogP contribution in [0, 0.1) is 12.7 Å². The van der Waals surface area contributed by atoms with E-state index in [9.17, 15) is 4.39 Å². The van der Waals surface area contributed by atoms with Gasteiger partial charge in [-0.2, -0.15) is 0 Å². The molecule has 1 aliphatic carbocycles. The second kappa shape index (κ2) is 4.54. The number of benzene rings is 1. The van der Waals surface area contributed by atoms with Crippen LogP contribution < -0.4 is 5.32 Å². The maximum absolute atomic E-state index is 13.1. The normalized spacial score (nSPS) is 18.9. The third-order valence-electron chi connectivity index (χ3n) is 3.65. The van der Waals surface area contributed by atoms with Gasteiger partial charge in [0.05, 0.1) is 0 Å². The van der Waals surface area contributed by atoms with Gasteiger partial charge in [-0.05, 0) is 43.9 Å². The molecule has 1 N–H and O–H groups in total. The van der Waals surface area contributed by atoms with Gasteiger partial charge in [-0.15, -0.1) is 0 Å². The van der Waals surface area contributed by atoms with E-state index in [1.54, 1.807) is 6.07 Å². The summed E-state index contributed by atoms with van der Waals surface area (Å²) >= 11 is 0. The van der Waals surface area contributed by atoms with E-state index in [0.717, 1.165) is 12.1 Å². The molecule has 0 aromatic heterocycles. The Morgan fingerprint density at radius 2 is 2.00 bits per heavy atom. The van der Waals surface area contributed by atoms with E-state index in [0.29, 0.717) is 5.54 Å². The zero-order valence-corrected chi connectivity index (χ0v) is 10.1. The van der Waals surface area contributed by atoms with E-state index in [-0.39, 0.29) is 5.82 Å². The first-order valence-electron chi connectivity index (χ1n) is 6.09. The molecule has 1 saturated carbocycles. The topological polar surface area (TPSA) is 12.0 Å². The molecule has 2 heteroatoms. The quantitative estimate of drug-likeness (QED) is 0.823. The van der Waals surface area contributed by atoms with E-state index in [1.807, 2.05) is 19.1 Å². The van der Waals surface area contributed by atoms with Gasteiger partial charge in [-0.25, -0.2) is 4.39 Å². The summed E-state index contributed by atoms with van der Waals surface area (Å²) in [5.41, 5.74) is 2.20. The van der Waals surface area contributed by atoms with Crippen LogP contribution in [0.1, 0.15) is 43.7 Å². The molecular weight excluding hydrogens is 201 g/mol. The average Bonchev–Trinajstić information content (AvgIpc) is 2.68. The van der Waals surface area contributed by atoms with Crippen molar-refractivity contribution in [3.05, 3.63) is 35.1 Å². The molecule has 1 fully saturated rings. The van der Waals surface area contributed by atoms with Crippen LogP contribution in [0.4, 0.5) is 4.39 Å². The van der Waals surface area contributed by atoms with E-state index in [1.165, 1.54) is 31.2 Å². The Morgan fingerprint density at radius 1 is 1.31 bits per heavy atom. The molecule has 0 bridgehead atoms. The minimum absolute atomic E-state index is 0.115. The van der Waals surface area contributed by atoms with Crippen LogP contribution in [-0.2, 0) is 6.54 Å². The Labute approximate surface area is 97.1 Å². The molecule has 0 unspecified atom stereocenters. The first-order chi connectivity index (χ1) is 7.59. The maximum atomic E-state index is 13.1. The Hall–Kier alpha value is -0.890. The van der Waals surface area contributed by atoms with E-state index in [2.05, 4.69) is 12.2 Å². The fourth-order valence-electron chi connectivity index (χ4n) is 2.46. The van der Waals surface area contributed by atoms with Crippen LogP contribution in [0.2, 0.25) is 0 Å². The monoisotopic (exact) mass is 221 g/mol. The molecule has 1 nitrogen and oxygen atoms in total. The SMILES string of the molecule is Cc1cc(CNC2(C)CCCC2)ccc1F. The van der Waals surface area contributed by atoms with Gasteiger partial charge in [-0.3, -0.25) is 0 Å². The van der Waals surface area contributed by atoms with Crippen molar-refractivity contribution in [3.8, 4) is 0 Å². The third-order valence-corrected chi connectivity index (χ3v) is 3.65. The lowest BCUT2D eigenvalue weighted by Crippen LogP contribution is -2.38. The van der Waals surface area contributed by atoms with E-state index in [4.69, 9.17) is 0 Å². The largest absolute Gasteiger partial charge is 0.307 e. The van der Waals surface area contributed by atoms with Crippen LogP contribution in [0.3, 0.4) is 0 Å². The molecule has 0 aliphatic heterocycles. The van der Waals surface area contributed by atoms with Crippen molar-refractivity contribution < 1.29 is 4.39 Å². The fraction of sp³-hybridized carbons (Fsp3) is 0.571. The van der Waals surface area contributed by atoms with Crippen molar-refractivity contribution >= 4 is 0 Å². The minimum atomic E-state index is -0.115. The van der Waals surface area contributed by atoms with Gasteiger partial charge in [0.15, 0.2) is 0 Å². The number of aryl methyl sites for hydroxylation is 1. The van der Waals surface area contributed by atoms with Crippen molar-refractivity contribution in [2.45, 2.75) is 51.6 Å².